The molecule has 5 rings (SSSR count). The van der Waals surface area contributed by atoms with Crippen molar-refractivity contribution < 1.29 is 0 Å². The van der Waals surface area contributed by atoms with Crippen molar-refractivity contribution in [3.63, 3.8) is 0 Å². The van der Waals surface area contributed by atoms with Gasteiger partial charge in [-0.05, 0) is 97.7 Å². The van der Waals surface area contributed by atoms with Crippen LogP contribution in [0.25, 0.3) is 0 Å². The molecule has 0 spiro atoms. The highest BCUT2D eigenvalue weighted by molar-refractivity contribution is 7.73. The highest BCUT2D eigenvalue weighted by Gasteiger charge is 2.57. The maximum absolute atomic E-state index is 2.73. The van der Waals surface area contributed by atoms with Gasteiger partial charge in [0, 0.05) is 0 Å². The fourth-order valence-corrected chi connectivity index (χ4v) is 11.9. The minimum absolute atomic E-state index is 0.298. The first-order valence-electron chi connectivity index (χ1n) is 13.6. The highest BCUT2D eigenvalue weighted by atomic mass is 31.1. The Hall–Kier alpha value is -1.13. The average Bonchev–Trinajstić information content (AvgIpc) is 3.18. The Balaban J connectivity index is 1.47. The summed E-state index contributed by atoms with van der Waals surface area (Å²) in [4.78, 5) is 0. The molecule has 3 fully saturated rings. The topological polar surface area (TPSA) is 0 Å². The van der Waals surface area contributed by atoms with Crippen LogP contribution in [0, 0.1) is 35.0 Å². The molecule has 7 unspecified atom stereocenters. The van der Waals surface area contributed by atoms with Crippen molar-refractivity contribution in [3.8, 4) is 0 Å². The van der Waals surface area contributed by atoms with Crippen molar-refractivity contribution >= 4 is 18.5 Å². The molecule has 2 aromatic carbocycles. The van der Waals surface area contributed by atoms with Crippen LogP contribution in [0.15, 0.2) is 60.7 Å². The first kappa shape index (κ1) is 22.7. The third-order valence-electron chi connectivity index (χ3n) is 10.00. The number of fused-ring (bicyclic) bond motifs is 3. The first-order chi connectivity index (χ1) is 15.7. The van der Waals surface area contributed by atoms with Gasteiger partial charge in [-0.1, -0.05) is 101 Å². The Morgan fingerprint density at radius 2 is 1.44 bits per heavy atom. The van der Waals surface area contributed by atoms with Crippen molar-refractivity contribution in [3.05, 3.63) is 60.7 Å². The summed E-state index contributed by atoms with van der Waals surface area (Å²) in [5.74, 6) is 4.99. The van der Waals surface area contributed by atoms with Gasteiger partial charge in [-0.15, -0.1) is 0 Å². The minimum Gasteiger partial charge on any atom is -0.0654 e. The number of rotatable bonds is 6. The van der Waals surface area contributed by atoms with Crippen LogP contribution in [-0.2, 0) is 0 Å². The highest BCUT2D eigenvalue weighted by Crippen LogP contribution is 2.67. The number of hydrogen-bond acceptors (Lipinski definition) is 0. The molecular weight excluding hydrogens is 403 g/mol. The van der Waals surface area contributed by atoms with E-state index in [1.54, 1.807) is 10.6 Å². The van der Waals surface area contributed by atoms with Gasteiger partial charge < -0.3 is 0 Å². The van der Waals surface area contributed by atoms with Gasteiger partial charge in [0.2, 0.25) is 0 Å². The smallest absolute Gasteiger partial charge is 0.00720 e. The van der Waals surface area contributed by atoms with Gasteiger partial charge in [0.15, 0.2) is 0 Å². The van der Waals surface area contributed by atoms with Crippen LogP contribution < -0.4 is 10.6 Å². The predicted molar refractivity (Wildman–Crippen MR) is 141 cm³/mol. The Kier molecular flexibility index (Phi) is 6.81. The zero-order chi connectivity index (χ0) is 22.1. The molecule has 32 heavy (non-hydrogen) atoms. The van der Waals surface area contributed by atoms with Gasteiger partial charge in [0.25, 0.3) is 0 Å². The molecule has 0 radical (unpaired) electrons. The van der Waals surface area contributed by atoms with Gasteiger partial charge in [0.05, 0.1) is 0 Å². The van der Waals surface area contributed by atoms with Crippen molar-refractivity contribution in [1.82, 2.24) is 0 Å². The van der Waals surface area contributed by atoms with E-state index in [1.807, 2.05) is 0 Å². The Morgan fingerprint density at radius 1 is 0.781 bits per heavy atom. The lowest BCUT2D eigenvalue weighted by Gasteiger charge is -2.55. The van der Waals surface area contributed by atoms with E-state index in [9.17, 15) is 0 Å². The van der Waals surface area contributed by atoms with Gasteiger partial charge >= 0.3 is 0 Å². The van der Waals surface area contributed by atoms with Gasteiger partial charge in [-0.3, -0.25) is 0 Å². The van der Waals surface area contributed by atoms with E-state index in [0.717, 1.165) is 35.2 Å². The Morgan fingerprint density at radius 3 is 2.03 bits per heavy atom. The van der Waals surface area contributed by atoms with E-state index in [0.29, 0.717) is 5.41 Å². The summed E-state index contributed by atoms with van der Waals surface area (Å²) in [6.45, 7) is 7.61. The Labute approximate surface area is 198 Å². The molecule has 2 aromatic rings. The molecular formula is C31H43P. The predicted octanol–water partition coefficient (Wildman–Crippen LogP) is 8.17. The molecule has 0 N–H and O–H groups in total. The average molecular weight is 447 g/mol. The monoisotopic (exact) mass is 446 g/mol. The fourth-order valence-electron chi connectivity index (χ4n) is 8.61. The van der Waals surface area contributed by atoms with Crippen molar-refractivity contribution in [2.24, 2.45) is 35.0 Å². The summed E-state index contributed by atoms with van der Waals surface area (Å²) in [6, 6.07) is 23.1. The summed E-state index contributed by atoms with van der Waals surface area (Å²) in [6.07, 6.45) is 13.2. The maximum Gasteiger partial charge on any atom is -0.00720 e. The SMILES string of the molecule is CCCC1C(CC)CCC2C1CCC1(C)C2CCC1P(c1ccccc1)c1ccccc1. The van der Waals surface area contributed by atoms with Crippen LogP contribution >= 0.6 is 7.92 Å². The molecule has 0 nitrogen and oxygen atoms in total. The van der Waals surface area contributed by atoms with E-state index in [1.165, 1.54) is 57.8 Å². The van der Waals surface area contributed by atoms with E-state index in [-0.39, 0.29) is 7.92 Å². The molecule has 3 aliphatic rings. The lowest BCUT2D eigenvalue weighted by atomic mass is 9.52. The Bertz CT molecular complexity index is 821. The van der Waals surface area contributed by atoms with Crippen LogP contribution in [0.5, 0.6) is 0 Å². The van der Waals surface area contributed by atoms with Gasteiger partial charge in [0.1, 0.15) is 0 Å². The molecule has 0 saturated heterocycles. The van der Waals surface area contributed by atoms with Crippen molar-refractivity contribution in [2.45, 2.75) is 84.2 Å². The molecule has 172 valence electrons. The molecule has 0 amide bonds. The minimum atomic E-state index is -0.298. The molecule has 0 bridgehead atoms. The normalized spacial score (nSPS) is 36.6. The molecule has 1 heteroatoms. The van der Waals surface area contributed by atoms with E-state index >= 15 is 0 Å². The zero-order valence-corrected chi connectivity index (χ0v) is 21.4. The lowest BCUT2D eigenvalue weighted by molar-refractivity contribution is -0.0392. The van der Waals surface area contributed by atoms with E-state index in [2.05, 4.69) is 81.4 Å². The summed E-state index contributed by atoms with van der Waals surface area (Å²) < 4.78 is 0. The third-order valence-corrected chi connectivity index (χ3v) is 13.2. The summed E-state index contributed by atoms with van der Waals surface area (Å²) in [5.41, 5.74) is 1.36. The second kappa shape index (κ2) is 9.62. The summed E-state index contributed by atoms with van der Waals surface area (Å²) >= 11 is 0. The third kappa shape index (κ3) is 3.90. The molecule has 0 aliphatic heterocycles. The van der Waals surface area contributed by atoms with E-state index < -0.39 is 0 Å². The summed E-state index contributed by atoms with van der Waals surface area (Å²) in [5, 5.41) is 3.20. The second-order valence-corrected chi connectivity index (χ2v) is 13.7. The summed E-state index contributed by atoms with van der Waals surface area (Å²) in [7, 11) is -0.298. The molecule has 7 atom stereocenters. The molecule has 3 aliphatic carbocycles. The van der Waals surface area contributed by atoms with Gasteiger partial charge in [-0.2, -0.15) is 0 Å². The van der Waals surface area contributed by atoms with Crippen LogP contribution in [0.2, 0.25) is 0 Å². The zero-order valence-electron chi connectivity index (χ0n) is 20.5. The lowest BCUT2D eigenvalue weighted by Crippen LogP contribution is -2.48. The van der Waals surface area contributed by atoms with Crippen LogP contribution in [0.1, 0.15) is 78.6 Å². The second-order valence-electron chi connectivity index (χ2n) is 11.3. The van der Waals surface area contributed by atoms with E-state index in [4.69, 9.17) is 0 Å². The standard InChI is InChI=1S/C31H43P/c1-4-12-26-23(5-2)17-18-28-27(26)21-22-31(3)29(28)19-20-30(31)32(24-13-8-6-9-14-24)25-15-10-7-11-16-25/h6-11,13-16,23,26-30H,4-5,12,17-22H2,1-3H3. The van der Waals surface area contributed by atoms with Crippen LogP contribution in [0.3, 0.4) is 0 Å². The number of hydrogen-bond donors (Lipinski definition) is 0. The molecule has 0 heterocycles. The fraction of sp³-hybridized carbons (Fsp3) is 0.613. The van der Waals surface area contributed by atoms with Crippen molar-refractivity contribution in [1.29, 1.82) is 0 Å². The maximum atomic E-state index is 2.73. The largest absolute Gasteiger partial charge is 0.0654 e. The van der Waals surface area contributed by atoms with Crippen LogP contribution in [0.4, 0.5) is 0 Å². The quantitative estimate of drug-likeness (QED) is 0.393. The van der Waals surface area contributed by atoms with Crippen molar-refractivity contribution in [2.75, 3.05) is 0 Å². The molecule has 0 aromatic heterocycles. The van der Waals surface area contributed by atoms with Gasteiger partial charge in [-0.25, -0.2) is 0 Å². The number of benzene rings is 2. The first-order valence-corrected chi connectivity index (χ1v) is 15.0. The molecule has 3 saturated carbocycles. The van der Waals surface area contributed by atoms with Crippen LogP contribution in [-0.4, -0.2) is 5.66 Å².